The molecule has 1 unspecified atom stereocenters. The molecular weight excluding hydrogens is 405 g/mol. The monoisotopic (exact) mass is 423 g/mol. The molecule has 156 valence electrons. The summed E-state index contributed by atoms with van der Waals surface area (Å²) in [5, 5.41) is 18.7. The van der Waals surface area contributed by atoms with Gasteiger partial charge in [0, 0.05) is 37.2 Å². The first-order valence-electron chi connectivity index (χ1n) is 10.3. The Hall–Kier alpha value is -4.30. The van der Waals surface area contributed by atoms with E-state index in [1.54, 1.807) is 36.8 Å². The van der Waals surface area contributed by atoms with Crippen molar-refractivity contribution in [2.24, 2.45) is 5.92 Å². The number of pyridine rings is 2. The summed E-state index contributed by atoms with van der Waals surface area (Å²) in [6.45, 7) is 3.92. The quantitative estimate of drug-likeness (QED) is 0.523. The summed E-state index contributed by atoms with van der Waals surface area (Å²) in [6.07, 6.45) is 6.08. The molecule has 0 amide bonds. The molecule has 0 bridgehead atoms. The van der Waals surface area contributed by atoms with E-state index in [1.807, 2.05) is 6.07 Å². The molecule has 0 aliphatic carbocycles. The first-order chi connectivity index (χ1) is 15.6. The number of benzene rings is 1. The summed E-state index contributed by atoms with van der Waals surface area (Å²) in [4.78, 5) is 18.9. The lowest BCUT2D eigenvalue weighted by atomic mass is 9.99. The molecule has 3 aromatic heterocycles. The van der Waals surface area contributed by atoms with Gasteiger partial charge < -0.3 is 9.88 Å². The number of rotatable bonds is 3. The van der Waals surface area contributed by atoms with Crippen molar-refractivity contribution < 1.29 is 4.39 Å². The lowest BCUT2D eigenvalue weighted by Crippen LogP contribution is -2.21. The van der Waals surface area contributed by atoms with Crippen LogP contribution in [0.25, 0.3) is 33.7 Å². The second-order valence-corrected chi connectivity index (χ2v) is 7.98. The van der Waals surface area contributed by atoms with Gasteiger partial charge in [-0.1, -0.05) is 13.0 Å². The minimum Gasteiger partial charge on any atom is -0.370 e. The molecule has 1 saturated heterocycles. The van der Waals surface area contributed by atoms with Crippen molar-refractivity contribution in [3.8, 4) is 34.7 Å². The molecule has 7 nitrogen and oxygen atoms in total. The Labute approximate surface area is 183 Å². The Morgan fingerprint density at radius 3 is 2.69 bits per heavy atom. The van der Waals surface area contributed by atoms with Crippen LogP contribution in [0.3, 0.4) is 0 Å². The Bertz CT molecular complexity index is 1430. The second-order valence-electron chi connectivity index (χ2n) is 7.98. The third-order valence-electron chi connectivity index (χ3n) is 5.82. The molecule has 1 aliphatic heterocycles. The van der Waals surface area contributed by atoms with Gasteiger partial charge >= 0.3 is 0 Å². The molecule has 1 aliphatic rings. The second kappa shape index (κ2) is 7.75. The highest BCUT2D eigenvalue weighted by Crippen LogP contribution is 2.41. The minimum absolute atomic E-state index is 0.0137. The van der Waals surface area contributed by atoms with Crippen LogP contribution >= 0.6 is 0 Å². The zero-order valence-corrected chi connectivity index (χ0v) is 17.3. The predicted octanol–water partition coefficient (Wildman–Crippen LogP) is 4.42. The van der Waals surface area contributed by atoms with Gasteiger partial charge in [-0.3, -0.25) is 4.98 Å². The molecule has 0 spiro atoms. The molecule has 4 heterocycles. The number of nitrogens with one attached hydrogen (secondary N) is 1. The summed E-state index contributed by atoms with van der Waals surface area (Å²) >= 11 is 0. The molecule has 4 aromatic rings. The van der Waals surface area contributed by atoms with Gasteiger partial charge in [0.15, 0.2) is 5.65 Å². The lowest BCUT2D eigenvalue weighted by Gasteiger charge is -2.24. The first-order valence-corrected chi connectivity index (χ1v) is 10.3. The van der Waals surface area contributed by atoms with E-state index in [9.17, 15) is 14.9 Å². The molecule has 1 atom stereocenters. The lowest BCUT2D eigenvalue weighted by molar-refractivity contribution is 0.624. The van der Waals surface area contributed by atoms with Crippen LogP contribution in [0.2, 0.25) is 0 Å². The largest absolute Gasteiger partial charge is 0.370 e. The molecule has 1 aromatic carbocycles. The van der Waals surface area contributed by atoms with Gasteiger partial charge in [-0.15, -0.1) is 0 Å². The summed E-state index contributed by atoms with van der Waals surface area (Å²) in [6, 6.07) is 10.2. The highest BCUT2D eigenvalue weighted by atomic mass is 19.1. The van der Waals surface area contributed by atoms with Gasteiger partial charge in [-0.25, -0.2) is 14.4 Å². The Balaban J connectivity index is 1.75. The average molecular weight is 423 g/mol. The smallest absolute Gasteiger partial charge is 0.179 e. The van der Waals surface area contributed by atoms with Crippen LogP contribution < -0.4 is 4.90 Å². The van der Waals surface area contributed by atoms with E-state index in [2.05, 4.69) is 37.8 Å². The van der Waals surface area contributed by atoms with Crippen LogP contribution in [0, 0.1) is 34.4 Å². The number of nitrogens with zero attached hydrogens (tertiary/aromatic N) is 6. The van der Waals surface area contributed by atoms with E-state index >= 15 is 0 Å². The number of nitriles is 2. The molecule has 1 N–H and O–H groups in total. The number of imidazole rings is 1. The van der Waals surface area contributed by atoms with E-state index in [-0.39, 0.29) is 5.56 Å². The van der Waals surface area contributed by atoms with Gasteiger partial charge in [0.25, 0.3) is 0 Å². The van der Waals surface area contributed by atoms with E-state index in [0.717, 1.165) is 36.3 Å². The number of halogens is 1. The van der Waals surface area contributed by atoms with Gasteiger partial charge in [0.05, 0.1) is 22.4 Å². The zero-order valence-electron chi connectivity index (χ0n) is 17.3. The van der Waals surface area contributed by atoms with Crippen molar-refractivity contribution in [1.29, 1.82) is 10.5 Å². The Kier molecular flexibility index (Phi) is 4.76. The van der Waals surface area contributed by atoms with E-state index in [1.165, 1.54) is 6.07 Å². The summed E-state index contributed by atoms with van der Waals surface area (Å²) in [7, 11) is 0. The van der Waals surface area contributed by atoms with Crippen molar-refractivity contribution in [2.75, 3.05) is 18.0 Å². The van der Waals surface area contributed by atoms with E-state index in [0.29, 0.717) is 34.0 Å². The Morgan fingerprint density at radius 2 is 1.94 bits per heavy atom. The maximum Gasteiger partial charge on any atom is 0.179 e. The molecule has 1 fully saturated rings. The number of H-pyrrole nitrogens is 1. The van der Waals surface area contributed by atoms with Crippen LogP contribution in [0.5, 0.6) is 0 Å². The molecule has 5 rings (SSSR count). The third kappa shape index (κ3) is 3.23. The number of fused-ring (bicyclic) bond motifs is 1. The fourth-order valence-electron chi connectivity index (χ4n) is 4.23. The number of hydrogen-bond donors (Lipinski definition) is 1. The predicted molar refractivity (Wildman–Crippen MR) is 118 cm³/mol. The number of anilines is 1. The number of aromatic amines is 1. The van der Waals surface area contributed by atoms with Crippen molar-refractivity contribution in [3.05, 3.63) is 59.8 Å². The minimum atomic E-state index is -0.552. The molecule has 0 radical (unpaired) electrons. The Morgan fingerprint density at radius 1 is 1.12 bits per heavy atom. The maximum absolute atomic E-state index is 14.0. The van der Waals surface area contributed by atoms with Crippen LogP contribution in [0.4, 0.5) is 10.1 Å². The highest BCUT2D eigenvalue weighted by molar-refractivity contribution is 5.91. The average Bonchev–Trinajstić information content (AvgIpc) is 3.45. The van der Waals surface area contributed by atoms with Crippen molar-refractivity contribution in [3.63, 3.8) is 0 Å². The van der Waals surface area contributed by atoms with Gasteiger partial charge in [0.2, 0.25) is 0 Å². The fourth-order valence-corrected chi connectivity index (χ4v) is 4.23. The topological polar surface area (TPSA) is 105 Å². The van der Waals surface area contributed by atoms with Crippen molar-refractivity contribution in [2.45, 2.75) is 13.3 Å². The SMILES string of the molecule is CC1CCN(c2c(-c3ccc(F)c(C#N)c3)cncc2-c2nc3nccc(C#N)c3[nH]2)C1. The molecule has 0 saturated carbocycles. The van der Waals surface area contributed by atoms with Crippen molar-refractivity contribution >= 4 is 16.9 Å². The van der Waals surface area contributed by atoms with Crippen LogP contribution in [0.15, 0.2) is 42.9 Å². The zero-order chi connectivity index (χ0) is 22.2. The molecule has 8 heteroatoms. The van der Waals surface area contributed by atoms with Gasteiger partial charge in [-0.05, 0) is 36.1 Å². The summed E-state index contributed by atoms with van der Waals surface area (Å²) in [5.41, 5.74) is 4.66. The van der Waals surface area contributed by atoms with Crippen LogP contribution in [0.1, 0.15) is 24.5 Å². The standard InChI is InChI=1S/C24H18FN7/c1-14-5-7-32(13-14)22-18(15-2-3-20(25)17(8-15)10-27)11-28-12-19(22)23-30-21-16(9-26)4-6-29-24(21)31-23/h2-4,6,8,11-12,14H,5,7,13H2,1H3,(H,29,30,31). The van der Waals surface area contributed by atoms with E-state index < -0.39 is 5.82 Å². The first kappa shape index (κ1) is 19.7. The number of hydrogen-bond acceptors (Lipinski definition) is 6. The van der Waals surface area contributed by atoms with Crippen LogP contribution in [-0.4, -0.2) is 33.0 Å². The molecular formula is C24H18FN7. The number of aromatic nitrogens is 4. The third-order valence-corrected chi connectivity index (χ3v) is 5.82. The van der Waals surface area contributed by atoms with Gasteiger partial charge in [-0.2, -0.15) is 10.5 Å². The summed E-state index contributed by atoms with van der Waals surface area (Å²) < 4.78 is 14.0. The highest BCUT2D eigenvalue weighted by Gasteiger charge is 2.26. The summed E-state index contributed by atoms with van der Waals surface area (Å²) in [5.74, 6) is 0.528. The van der Waals surface area contributed by atoms with E-state index in [4.69, 9.17) is 0 Å². The fraction of sp³-hybridized carbons (Fsp3) is 0.208. The van der Waals surface area contributed by atoms with Crippen molar-refractivity contribution in [1.82, 2.24) is 19.9 Å². The normalized spacial score (nSPS) is 15.6. The van der Waals surface area contributed by atoms with Crippen LogP contribution in [-0.2, 0) is 0 Å². The maximum atomic E-state index is 14.0. The van der Waals surface area contributed by atoms with Gasteiger partial charge in [0.1, 0.15) is 29.3 Å². The molecule has 32 heavy (non-hydrogen) atoms.